The third kappa shape index (κ3) is 4.00. The van der Waals surface area contributed by atoms with Gasteiger partial charge in [-0.2, -0.15) is 18.2 Å². The number of carbonyl (C=O) groups excluding carboxylic acids is 1. The Balaban J connectivity index is 0.00000272. The molecule has 1 amide bonds. The molecule has 8 nitrogen and oxygen atoms in total. The molecule has 0 unspecified atom stereocenters. The van der Waals surface area contributed by atoms with Crippen molar-refractivity contribution in [3.8, 4) is 11.4 Å². The Labute approximate surface area is 167 Å². The summed E-state index contributed by atoms with van der Waals surface area (Å²) in [6.45, 7) is -1.79. The molecular formula is C17H16F5N7O. The molecule has 2 N–H and O–H groups in total. The number of pyridine rings is 1. The highest BCUT2D eigenvalue weighted by atomic mass is 19.4. The first-order valence-corrected chi connectivity index (χ1v) is 8.78. The lowest BCUT2D eigenvalue weighted by Crippen LogP contribution is -2.46. The lowest BCUT2D eigenvalue weighted by atomic mass is 10.2. The Kier molecular flexibility index (Phi) is 4.95. The van der Waals surface area contributed by atoms with E-state index in [0.717, 1.165) is 12.5 Å². The molecule has 13 heteroatoms. The van der Waals surface area contributed by atoms with E-state index >= 15 is 0 Å². The molecule has 3 aromatic rings. The number of alkyl halides is 4. The summed E-state index contributed by atoms with van der Waals surface area (Å²) in [5, 5.41) is 2.16. The molecule has 4 rings (SSSR count). The maximum absolute atomic E-state index is 14.0. The number of hydrogen-bond donors (Lipinski definition) is 2. The highest BCUT2D eigenvalue weighted by Crippen LogP contribution is 2.29. The number of hydrogen-bond acceptors (Lipinski definition) is 6. The standard InChI is InChI=1S/C17H14F5N7O.H2/c18-8-1-10-11(4-24-13(10)23-3-8)14-26-7-27-16(28-14)29-5-9(19)2-12(29)15(30)25-6-17(20,21)22;/h1,3-4,7,9,12H,2,5-6H2,(H,23,24)(H,25,30);1H/t9-,12-;/m0./s1. The molecule has 0 aliphatic carbocycles. The summed E-state index contributed by atoms with van der Waals surface area (Å²) in [5.41, 5.74) is 0.789. The van der Waals surface area contributed by atoms with Crippen molar-refractivity contribution >= 4 is 22.9 Å². The summed E-state index contributed by atoms with van der Waals surface area (Å²) in [4.78, 5) is 32.3. The van der Waals surface area contributed by atoms with Gasteiger partial charge < -0.3 is 15.2 Å². The van der Waals surface area contributed by atoms with Gasteiger partial charge >= 0.3 is 6.18 Å². The number of H-pyrrole nitrogens is 1. The minimum absolute atomic E-state index is 0. The number of fused-ring (bicyclic) bond motifs is 1. The molecule has 1 fully saturated rings. The van der Waals surface area contributed by atoms with Crippen molar-refractivity contribution in [3.05, 3.63) is 30.6 Å². The van der Waals surface area contributed by atoms with Gasteiger partial charge in [0, 0.05) is 25.0 Å². The zero-order chi connectivity index (χ0) is 21.5. The monoisotopic (exact) mass is 429 g/mol. The fourth-order valence-corrected chi connectivity index (χ4v) is 3.28. The smallest absolute Gasteiger partial charge is 0.345 e. The van der Waals surface area contributed by atoms with E-state index in [1.54, 1.807) is 5.32 Å². The van der Waals surface area contributed by atoms with Crippen molar-refractivity contribution in [2.45, 2.75) is 24.8 Å². The van der Waals surface area contributed by atoms with Crippen LogP contribution in [0.5, 0.6) is 0 Å². The van der Waals surface area contributed by atoms with E-state index in [-0.39, 0.29) is 26.2 Å². The third-order valence-electron chi connectivity index (χ3n) is 4.57. The average Bonchev–Trinajstić information content (AvgIpc) is 3.29. The molecule has 3 aromatic heterocycles. The van der Waals surface area contributed by atoms with E-state index in [0.29, 0.717) is 16.6 Å². The van der Waals surface area contributed by atoms with E-state index in [1.165, 1.54) is 17.2 Å². The molecule has 160 valence electrons. The normalized spacial score (nSPS) is 19.4. The third-order valence-corrected chi connectivity index (χ3v) is 4.57. The molecular weight excluding hydrogens is 413 g/mol. The van der Waals surface area contributed by atoms with Gasteiger partial charge in [-0.1, -0.05) is 0 Å². The lowest BCUT2D eigenvalue weighted by Gasteiger charge is -2.23. The number of halogens is 5. The van der Waals surface area contributed by atoms with Crippen molar-refractivity contribution in [3.63, 3.8) is 0 Å². The number of rotatable bonds is 4. The largest absolute Gasteiger partial charge is 0.405 e. The van der Waals surface area contributed by atoms with E-state index in [1.807, 2.05) is 0 Å². The highest BCUT2D eigenvalue weighted by Gasteiger charge is 2.40. The van der Waals surface area contributed by atoms with Gasteiger partial charge in [-0.3, -0.25) is 4.79 Å². The quantitative estimate of drug-likeness (QED) is 0.618. The Morgan fingerprint density at radius 2 is 2.13 bits per heavy atom. The summed E-state index contributed by atoms with van der Waals surface area (Å²) in [7, 11) is 0. The Morgan fingerprint density at radius 1 is 1.33 bits per heavy atom. The number of nitrogens with zero attached hydrogens (tertiary/aromatic N) is 5. The van der Waals surface area contributed by atoms with Crippen LogP contribution >= 0.6 is 0 Å². The lowest BCUT2D eigenvalue weighted by molar-refractivity contribution is -0.139. The Morgan fingerprint density at radius 3 is 2.90 bits per heavy atom. The Hall–Kier alpha value is -3.38. The fraction of sp³-hybridized carbons (Fsp3) is 0.353. The predicted molar refractivity (Wildman–Crippen MR) is 96.7 cm³/mol. The van der Waals surface area contributed by atoms with Crippen molar-refractivity contribution in [1.29, 1.82) is 0 Å². The van der Waals surface area contributed by atoms with E-state index in [2.05, 4.69) is 24.9 Å². The van der Waals surface area contributed by atoms with Gasteiger partial charge in [0.1, 0.15) is 36.5 Å². The van der Waals surface area contributed by atoms with Crippen LogP contribution in [0.15, 0.2) is 24.8 Å². The number of nitrogens with one attached hydrogen (secondary N) is 2. The van der Waals surface area contributed by atoms with Gasteiger partial charge in [-0.05, 0) is 6.07 Å². The van der Waals surface area contributed by atoms with Crippen LogP contribution < -0.4 is 10.2 Å². The summed E-state index contributed by atoms with van der Waals surface area (Å²) in [5.74, 6) is -1.52. The minimum Gasteiger partial charge on any atom is -0.345 e. The fourth-order valence-electron chi connectivity index (χ4n) is 3.28. The molecule has 0 spiro atoms. The summed E-state index contributed by atoms with van der Waals surface area (Å²) in [6, 6.07) is 0.0260. The second-order valence-corrected chi connectivity index (χ2v) is 6.70. The predicted octanol–water partition coefficient (Wildman–Crippen LogP) is 2.40. The van der Waals surface area contributed by atoms with Crippen molar-refractivity contribution < 1.29 is 28.2 Å². The molecule has 0 saturated carbocycles. The van der Waals surface area contributed by atoms with Crippen LogP contribution in [0.1, 0.15) is 7.85 Å². The maximum atomic E-state index is 14.0. The second kappa shape index (κ2) is 7.46. The number of aromatic nitrogens is 5. The molecule has 0 bridgehead atoms. The van der Waals surface area contributed by atoms with Gasteiger partial charge in [0.25, 0.3) is 0 Å². The maximum Gasteiger partial charge on any atom is 0.405 e. The van der Waals surface area contributed by atoms with Gasteiger partial charge in [0.2, 0.25) is 11.9 Å². The van der Waals surface area contributed by atoms with E-state index in [9.17, 15) is 26.7 Å². The van der Waals surface area contributed by atoms with Crippen LogP contribution in [0.25, 0.3) is 22.4 Å². The second-order valence-electron chi connectivity index (χ2n) is 6.70. The zero-order valence-electron chi connectivity index (χ0n) is 15.1. The summed E-state index contributed by atoms with van der Waals surface area (Å²) in [6.07, 6.45) is -2.67. The summed E-state index contributed by atoms with van der Waals surface area (Å²) >= 11 is 0. The Bertz CT molecular complexity index is 1090. The van der Waals surface area contributed by atoms with Gasteiger partial charge in [0.05, 0.1) is 12.7 Å². The van der Waals surface area contributed by atoms with Gasteiger partial charge in [-0.25, -0.2) is 23.7 Å². The first kappa shape index (κ1) is 19.9. The molecule has 30 heavy (non-hydrogen) atoms. The molecule has 2 atom stereocenters. The van der Waals surface area contributed by atoms with Crippen LogP contribution in [0, 0.1) is 5.82 Å². The molecule has 1 aliphatic rings. The van der Waals surface area contributed by atoms with Crippen LogP contribution in [0.4, 0.5) is 27.9 Å². The van der Waals surface area contributed by atoms with Crippen molar-refractivity contribution in [1.82, 2.24) is 30.2 Å². The van der Waals surface area contributed by atoms with E-state index in [4.69, 9.17) is 0 Å². The number of anilines is 1. The number of aromatic amines is 1. The van der Waals surface area contributed by atoms with Crippen LogP contribution in [-0.4, -0.2) is 62.3 Å². The SMILES string of the molecule is O=C(NCC(F)(F)F)[C@@H]1C[C@H](F)CN1c1ncnc(-c2c[nH]c3ncc(F)cc23)n1.[HH]. The minimum atomic E-state index is -4.59. The summed E-state index contributed by atoms with van der Waals surface area (Å²) < 4.78 is 64.8. The molecule has 1 aliphatic heterocycles. The van der Waals surface area contributed by atoms with Crippen LogP contribution in [0.2, 0.25) is 0 Å². The average molecular weight is 429 g/mol. The molecule has 0 radical (unpaired) electrons. The van der Waals surface area contributed by atoms with Crippen molar-refractivity contribution in [2.24, 2.45) is 0 Å². The van der Waals surface area contributed by atoms with E-state index < -0.39 is 36.7 Å². The first-order chi connectivity index (χ1) is 14.2. The number of carbonyl (C=O) groups is 1. The first-order valence-electron chi connectivity index (χ1n) is 8.78. The molecule has 1 saturated heterocycles. The highest BCUT2D eigenvalue weighted by molar-refractivity contribution is 5.91. The zero-order valence-corrected chi connectivity index (χ0v) is 15.1. The van der Waals surface area contributed by atoms with Crippen LogP contribution in [0.3, 0.4) is 0 Å². The topological polar surface area (TPSA) is 99.7 Å². The molecule has 4 heterocycles. The van der Waals surface area contributed by atoms with Gasteiger partial charge in [-0.15, -0.1) is 0 Å². The van der Waals surface area contributed by atoms with Crippen LogP contribution in [-0.2, 0) is 4.79 Å². The van der Waals surface area contributed by atoms with Gasteiger partial charge in [0.15, 0.2) is 5.82 Å². The van der Waals surface area contributed by atoms with Crippen molar-refractivity contribution in [2.75, 3.05) is 18.0 Å². The number of amides is 1. The molecule has 0 aromatic carbocycles.